The van der Waals surface area contributed by atoms with Gasteiger partial charge in [0.05, 0.1) is 26.9 Å². The van der Waals surface area contributed by atoms with Crippen LogP contribution in [-0.2, 0) is 29.2 Å². The highest BCUT2D eigenvalue weighted by molar-refractivity contribution is 5.88. The molecule has 0 aromatic heterocycles. The molecule has 0 unspecified atom stereocenters. The fourth-order valence-electron chi connectivity index (χ4n) is 8.82. The van der Waals surface area contributed by atoms with Gasteiger partial charge >= 0.3 is 11.9 Å². The average molecular weight is 473 g/mol. The Morgan fingerprint density at radius 1 is 1.26 bits per heavy atom. The summed E-state index contributed by atoms with van der Waals surface area (Å²) in [5, 5.41) is 10.7. The molecule has 4 fully saturated rings. The number of esters is 2. The Bertz CT molecular complexity index is 1100. The molecule has 1 spiro atoms. The minimum absolute atomic E-state index is 0.0797. The largest absolute Gasteiger partial charge is 0.497 e. The molecule has 184 valence electrons. The Hall–Kier alpha value is -2.36. The van der Waals surface area contributed by atoms with E-state index in [0.717, 1.165) is 23.4 Å². The van der Waals surface area contributed by atoms with Gasteiger partial charge in [-0.25, -0.2) is 4.79 Å². The molecule has 5 aliphatic rings. The fourth-order valence-corrected chi connectivity index (χ4v) is 8.82. The van der Waals surface area contributed by atoms with E-state index in [9.17, 15) is 14.7 Å². The van der Waals surface area contributed by atoms with Crippen molar-refractivity contribution < 1.29 is 33.6 Å². The summed E-state index contributed by atoms with van der Waals surface area (Å²) in [4.78, 5) is 30.7. The predicted octanol–water partition coefficient (Wildman–Crippen LogP) is 1.20. The molecule has 7 atom stereocenters. The van der Waals surface area contributed by atoms with Crippen molar-refractivity contribution in [2.45, 2.75) is 68.0 Å². The summed E-state index contributed by atoms with van der Waals surface area (Å²) in [6.45, 7) is 3.91. The van der Waals surface area contributed by atoms with E-state index < -0.39 is 46.2 Å². The topological polar surface area (TPSA) is 97.8 Å². The lowest BCUT2D eigenvalue weighted by Crippen LogP contribution is -2.82. The van der Waals surface area contributed by atoms with Crippen LogP contribution in [0.2, 0.25) is 0 Å². The molecule has 9 heteroatoms. The van der Waals surface area contributed by atoms with Gasteiger partial charge in [-0.1, -0.05) is 13.0 Å². The van der Waals surface area contributed by atoms with Crippen molar-refractivity contribution >= 4 is 17.6 Å². The number of rotatable bonds is 5. The first-order chi connectivity index (χ1) is 16.2. The van der Waals surface area contributed by atoms with Crippen LogP contribution in [0.1, 0.15) is 38.7 Å². The van der Waals surface area contributed by atoms with E-state index in [1.165, 1.54) is 14.0 Å². The second-order valence-electron chi connectivity index (χ2n) is 10.5. The van der Waals surface area contributed by atoms with Gasteiger partial charge in [-0.3, -0.25) is 9.69 Å². The van der Waals surface area contributed by atoms with Crippen LogP contribution >= 0.6 is 0 Å². The van der Waals surface area contributed by atoms with Gasteiger partial charge in [-0.15, -0.1) is 0 Å². The lowest BCUT2D eigenvalue weighted by Gasteiger charge is -2.63. The number of hydrogen-bond donors (Lipinski definition) is 1. The third-order valence-corrected chi connectivity index (χ3v) is 9.57. The summed E-state index contributed by atoms with van der Waals surface area (Å²) in [7, 11) is 4.93. The van der Waals surface area contributed by atoms with Gasteiger partial charge in [-0.2, -0.15) is 0 Å². The Balaban J connectivity index is 1.72. The predicted molar refractivity (Wildman–Crippen MR) is 121 cm³/mol. The number of methoxy groups -OCH3 is 2. The standard InChI is InChI=1S/C25H32N2O7/c1-6-22-12-23(13-28)27-10-9-24(18(22)27)16-8-7-15(31-4)11-17(16)26(3)19(24)25(34-23,21(30)32-5)20(22)33-14(2)29/h7-8,11,18-20,28H,6,9-10,12-13H2,1-5H3/t18-,19+,20+,22+,23+,24+,25-/m0/s1. The molecule has 1 aliphatic carbocycles. The Morgan fingerprint density at radius 3 is 2.65 bits per heavy atom. The molecule has 3 bridgehead atoms. The molecule has 1 aromatic carbocycles. The molecular weight excluding hydrogens is 440 g/mol. The maximum atomic E-state index is 13.9. The summed E-state index contributed by atoms with van der Waals surface area (Å²) in [6.07, 6.45) is 1.10. The number of aliphatic hydroxyl groups excluding tert-OH is 1. The highest BCUT2D eigenvalue weighted by Crippen LogP contribution is 2.75. The first kappa shape index (κ1) is 22.1. The van der Waals surface area contributed by atoms with Crippen LogP contribution < -0.4 is 9.64 Å². The number of nitrogens with zero attached hydrogens (tertiary/aromatic N) is 2. The lowest BCUT2D eigenvalue weighted by molar-refractivity contribution is -0.304. The second kappa shape index (κ2) is 6.65. The molecule has 0 radical (unpaired) electrons. The quantitative estimate of drug-likeness (QED) is 0.634. The Morgan fingerprint density at radius 2 is 2.03 bits per heavy atom. The monoisotopic (exact) mass is 472 g/mol. The number of fused-ring (bicyclic) bond motifs is 5. The van der Waals surface area contributed by atoms with E-state index >= 15 is 0 Å². The van der Waals surface area contributed by atoms with Crippen LogP contribution in [-0.4, -0.2) is 85.9 Å². The van der Waals surface area contributed by atoms with Crippen molar-refractivity contribution in [1.82, 2.24) is 4.90 Å². The van der Waals surface area contributed by atoms with Crippen LogP contribution in [0.4, 0.5) is 5.69 Å². The van der Waals surface area contributed by atoms with Crippen molar-refractivity contribution in [3.05, 3.63) is 23.8 Å². The summed E-state index contributed by atoms with van der Waals surface area (Å²) in [6, 6.07) is 5.50. The van der Waals surface area contributed by atoms with Gasteiger partial charge in [0.2, 0.25) is 5.60 Å². The fraction of sp³-hybridized carbons (Fsp3) is 0.680. The smallest absolute Gasteiger partial charge is 0.344 e. The van der Waals surface area contributed by atoms with Crippen LogP contribution in [0, 0.1) is 5.41 Å². The number of aliphatic hydroxyl groups is 1. The van der Waals surface area contributed by atoms with Gasteiger partial charge < -0.3 is 29.0 Å². The van der Waals surface area contributed by atoms with Gasteiger partial charge in [0, 0.05) is 55.6 Å². The van der Waals surface area contributed by atoms with Crippen LogP contribution in [0.25, 0.3) is 0 Å². The number of carbonyl (C=O) groups excluding carboxylic acids is 2. The third kappa shape index (κ3) is 2.06. The Labute approximate surface area is 198 Å². The highest BCUT2D eigenvalue weighted by atomic mass is 16.6. The van der Waals surface area contributed by atoms with Crippen molar-refractivity contribution in [1.29, 1.82) is 0 Å². The van der Waals surface area contributed by atoms with Crippen LogP contribution in [0.5, 0.6) is 5.75 Å². The zero-order valence-electron chi connectivity index (χ0n) is 20.3. The molecule has 9 nitrogen and oxygen atoms in total. The van der Waals surface area contributed by atoms with E-state index in [2.05, 4.69) is 22.8 Å². The van der Waals surface area contributed by atoms with Crippen LogP contribution in [0.3, 0.4) is 0 Å². The van der Waals surface area contributed by atoms with Gasteiger partial charge in [0.1, 0.15) is 11.5 Å². The zero-order valence-corrected chi connectivity index (χ0v) is 20.3. The lowest BCUT2D eigenvalue weighted by atomic mass is 9.47. The minimum Gasteiger partial charge on any atom is -0.497 e. The first-order valence-corrected chi connectivity index (χ1v) is 12.0. The number of hydrogen-bond acceptors (Lipinski definition) is 9. The summed E-state index contributed by atoms with van der Waals surface area (Å²) < 4.78 is 23.8. The summed E-state index contributed by atoms with van der Waals surface area (Å²) >= 11 is 0. The maximum absolute atomic E-state index is 13.9. The van der Waals surface area contributed by atoms with Crippen LogP contribution in [0.15, 0.2) is 18.2 Å². The summed E-state index contributed by atoms with van der Waals surface area (Å²) in [5.41, 5.74) is -1.59. The van der Waals surface area contributed by atoms with Crippen molar-refractivity contribution in [2.75, 3.05) is 39.3 Å². The van der Waals surface area contributed by atoms with E-state index in [-0.39, 0.29) is 12.6 Å². The molecule has 6 rings (SSSR count). The SMILES string of the molecule is CC[C@]12C[C@]3(CO)O[C@](C(=O)OC)([C@@H]1OC(C)=O)[C@@H]1N(C)c4cc(OC)ccc4[C@@]14CCN3[C@@H]24. The maximum Gasteiger partial charge on any atom is 0.344 e. The second-order valence-corrected chi connectivity index (χ2v) is 10.5. The van der Waals surface area contributed by atoms with Crippen molar-refractivity contribution in [3.63, 3.8) is 0 Å². The zero-order chi connectivity index (χ0) is 24.3. The van der Waals surface area contributed by atoms with E-state index in [1.54, 1.807) is 7.11 Å². The number of ether oxygens (including phenoxy) is 4. The molecule has 0 amide bonds. The van der Waals surface area contributed by atoms with Gasteiger partial charge in [0.25, 0.3) is 0 Å². The van der Waals surface area contributed by atoms with Crippen molar-refractivity contribution in [3.8, 4) is 5.75 Å². The van der Waals surface area contributed by atoms with Crippen molar-refractivity contribution in [2.24, 2.45) is 5.41 Å². The van der Waals surface area contributed by atoms with E-state index in [4.69, 9.17) is 18.9 Å². The number of carbonyl (C=O) groups is 2. The number of likely N-dealkylation sites (N-methyl/N-ethyl adjacent to an activating group) is 1. The van der Waals surface area contributed by atoms with Gasteiger partial charge in [-0.05, 0) is 24.5 Å². The highest BCUT2D eigenvalue weighted by Gasteiger charge is 2.89. The number of benzene rings is 1. The minimum atomic E-state index is -1.61. The molecular formula is C25H32N2O7. The number of anilines is 1. The van der Waals surface area contributed by atoms with E-state index in [0.29, 0.717) is 19.4 Å². The first-order valence-electron chi connectivity index (χ1n) is 12.0. The molecule has 1 aromatic rings. The van der Waals surface area contributed by atoms with Gasteiger partial charge in [0.15, 0.2) is 6.10 Å². The Kier molecular flexibility index (Phi) is 4.33. The average Bonchev–Trinajstić information content (AvgIpc) is 3.41. The molecule has 3 saturated heterocycles. The summed E-state index contributed by atoms with van der Waals surface area (Å²) in [5.74, 6) is -0.307. The third-order valence-electron chi connectivity index (χ3n) is 9.57. The van der Waals surface area contributed by atoms with E-state index in [1.807, 2.05) is 19.2 Å². The molecule has 34 heavy (non-hydrogen) atoms. The normalized spacial score (nSPS) is 43.0. The molecule has 4 aliphatic heterocycles. The molecule has 1 N–H and O–H groups in total. The molecule has 1 saturated carbocycles. The molecule has 4 heterocycles.